The maximum absolute atomic E-state index is 12.4. The van der Waals surface area contributed by atoms with E-state index in [4.69, 9.17) is 15.2 Å². The van der Waals surface area contributed by atoms with E-state index in [1.54, 1.807) is 0 Å². The van der Waals surface area contributed by atoms with E-state index in [1.165, 1.54) is 0 Å². The van der Waals surface area contributed by atoms with Gasteiger partial charge in [-0.05, 0) is 31.6 Å². The molecule has 18 heavy (non-hydrogen) atoms. The Bertz CT molecular complexity index is 292. The average molecular weight is 255 g/mol. The third-order valence-corrected chi connectivity index (χ3v) is 4.35. The molecule has 2 unspecified atom stereocenters. The van der Waals surface area contributed by atoms with Crippen LogP contribution in [0.2, 0.25) is 0 Å². The Morgan fingerprint density at radius 3 is 2.56 bits per heavy atom. The lowest BCUT2D eigenvalue weighted by atomic mass is 9.77. The summed E-state index contributed by atoms with van der Waals surface area (Å²) in [5, 5.41) is 0. The molecule has 2 rings (SSSR count). The summed E-state index contributed by atoms with van der Waals surface area (Å²) in [6, 6.07) is -0.329. The molecule has 0 aromatic heterocycles. The largest absolute Gasteiger partial charge is 0.381 e. The molecule has 1 spiro atoms. The summed E-state index contributed by atoms with van der Waals surface area (Å²) in [5.74, 6) is 0.513. The van der Waals surface area contributed by atoms with Crippen molar-refractivity contribution in [1.29, 1.82) is 0 Å². The number of Topliss-reactive ketones (excluding diaryl/α,β-unsaturated/α-hetero) is 1. The Morgan fingerprint density at radius 1 is 1.28 bits per heavy atom. The highest BCUT2D eigenvalue weighted by Crippen LogP contribution is 2.37. The predicted molar refractivity (Wildman–Crippen MR) is 69.3 cm³/mol. The number of hydrogen-bond acceptors (Lipinski definition) is 4. The Kier molecular flexibility index (Phi) is 4.41. The zero-order valence-electron chi connectivity index (χ0n) is 11.5. The quantitative estimate of drug-likeness (QED) is 0.830. The molecule has 104 valence electrons. The second-order valence-corrected chi connectivity index (χ2v) is 6.01. The summed E-state index contributed by atoms with van der Waals surface area (Å²) >= 11 is 0. The molecule has 2 heterocycles. The van der Waals surface area contributed by atoms with E-state index >= 15 is 0 Å². The van der Waals surface area contributed by atoms with Crippen LogP contribution in [-0.2, 0) is 14.3 Å². The Morgan fingerprint density at radius 2 is 1.94 bits per heavy atom. The van der Waals surface area contributed by atoms with Gasteiger partial charge in [0.25, 0.3) is 0 Å². The molecule has 0 aliphatic carbocycles. The highest BCUT2D eigenvalue weighted by atomic mass is 16.5. The smallest absolute Gasteiger partial charge is 0.153 e. The fraction of sp³-hybridized carbons (Fsp3) is 0.929. The Balaban J connectivity index is 1.99. The molecule has 2 aliphatic rings. The van der Waals surface area contributed by atoms with Crippen LogP contribution in [0.15, 0.2) is 0 Å². The van der Waals surface area contributed by atoms with E-state index in [1.807, 2.05) is 13.8 Å². The maximum Gasteiger partial charge on any atom is 0.153 e. The minimum absolute atomic E-state index is 0.0780. The summed E-state index contributed by atoms with van der Waals surface area (Å²) in [6.07, 6.45) is 3.47. The van der Waals surface area contributed by atoms with Crippen LogP contribution in [0, 0.1) is 11.8 Å². The third-order valence-electron chi connectivity index (χ3n) is 4.35. The highest BCUT2D eigenvalue weighted by molar-refractivity contribution is 5.86. The molecule has 2 atom stereocenters. The minimum Gasteiger partial charge on any atom is -0.381 e. The van der Waals surface area contributed by atoms with Crippen molar-refractivity contribution >= 4 is 5.78 Å². The van der Waals surface area contributed by atoms with Crippen molar-refractivity contribution in [2.75, 3.05) is 19.8 Å². The first-order valence-electron chi connectivity index (χ1n) is 7.05. The first kappa shape index (κ1) is 14.0. The monoisotopic (exact) mass is 255 g/mol. The van der Waals surface area contributed by atoms with E-state index in [-0.39, 0.29) is 29.3 Å². The molecule has 4 heteroatoms. The van der Waals surface area contributed by atoms with Crippen LogP contribution in [0.3, 0.4) is 0 Å². The zero-order chi connectivity index (χ0) is 13.2. The molecular weight excluding hydrogens is 230 g/mol. The van der Waals surface area contributed by atoms with Crippen molar-refractivity contribution in [1.82, 2.24) is 0 Å². The van der Waals surface area contributed by atoms with Gasteiger partial charge in [-0.2, -0.15) is 0 Å². The van der Waals surface area contributed by atoms with Crippen molar-refractivity contribution < 1.29 is 14.3 Å². The number of carbonyl (C=O) groups excluding carboxylic acids is 1. The van der Waals surface area contributed by atoms with Gasteiger partial charge < -0.3 is 15.2 Å². The lowest BCUT2D eigenvalue weighted by Gasteiger charge is -2.43. The van der Waals surface area contributed by atoms with Crippen molar-refractivity contribution in [3.8, 4) is 0 Å². The minimum atomic E-state index is -0.329. The van der Waals surface area contributed by atoms with Gasteiger partial charge in [0, 0.05) is 25.7 Å². The van der Waals surface area contributed by atoms with E-state index in [0.717, 1.165) is 38.9 Å². The molecule has 2 fully saturated rings. The lowest BCUT2D eigenvalue weighted by Crippen LogP contribution is -2.49. The summed E-state index contributed by atoms with van der Waals surface area (Å²) in [5.41, 5.74) is 5.88. The average Bonchev–Trinajstić information content (AvgIpc) is 2.38. The molecule has 4 nitrogen and oxygen atoms in total. The van der Waals surface area contributed by atoms with Gasteiger partial charge in [-0.15, -0.1) is 0 Å². The van der Waals surface area contributed by atoms with Gasteiger partial charge in [0.1, 0.15) is 0 Å². The predicted octanol–water partition coefficient (Wildman–Crippen LogP) is 1.51. The van der Waals surface area contributed by atoms with Crippen LogP contribution in [-0.4, -0.2) is 37.2 Å². The SMILES string of the molecule is CC(C)C(N)C(=O)C1CCOC2(CCOCC2)C1. The molecule has 0 amide bonds. The topological polar surface area (TPSA) is 61.6 Å². The van der Waals surface area contributed by atoms with Gasteiger partial charge in [0.2, 0.25) is 0 Å². The van der Waals surface area contributed by atoms with Crippen molar-refractivity contribution in [2.45, 2.75) is 51.2 Å². The maximum atomic E-state index is 12.4. The van der Waals surface area contributed by atoms with Crippen LogP contribution in [0.1, 0.15) is 39.5 Å². The zero-order valence-corrected chi connectivity index (χ0v) is 11.5. The second kappa shape index (κ2) is 5.68. The van der Waals surface area contributed by atoms with Crippen molar-refractivity contribution in [3.05, 3.63) is 0 Å². The number of ether oxygens (including phenoxy) is 2. The van der Waals surface area contributed by atoms with E-state index in [2.05, 4.69) is 0 Å². The first-order valence-corrected chi connectivity index (χ1v) is 7.05. The third kappa shape index (κ3) is 2.92. The molecule has 0 aromatic carbocycles. The van der Waals surface area contributed by atoms with E-state index in [9.17, 15) is 4.79 Å². The van der Waals surface area contributed by atoms with Gasteiger partial charge in [-0.25, -0.2) is 0 Å². The van der Waals surface area contributed by atoms with Gasteiger partial charge >= 0.3 is 0 Å². The molecule has 0 saturated carbocycles. The molecule has 0 aromatic rings. The van der Waals surface area contributed by atoms with Gasteiger partial charge in [0.05, 0.1) is 11.6 Å². The number of ketones is 1. The van der Waals surface area contributed by atoms with Crippen molar-refractivity contribution in [2.24, 2.45) is 17.6 Å². The van der Waals surface area contributed by atoms with Crippen LogP contribution in [0.25, 0.3) is 0 Å². The first-order chi connectivity index (χ1) is 8.54. The summed E-state index contributed by atoms with van der Waals surface area (Å²) in [7, 11) is 0. The van der Waals surface area contributed by atoms with Crippen LogP contribution < -0.4 is 5.73 Å². The number of nitrogens with two attached hydrogens (primary N) is 1. The number of carbonyl (C=O) groups is 1. The Hall–Kier alpha value is -0.450. The summed E-state index contributed by atoms with van der Waals surface area (Å²) < 4.78 is 11.3. The van der Waals surface area contributed by atoms with Gasteiger partial charge in [-0.3, -0.25) is 4.79 Å². The summed E-state index contributed by atoms with van der Waals surface area (Å²) in [4.78, 5) is 12.4. The van der Waals surface area contributed by atoms with E-state index in [0.29, 0.717) is 6.61 Å². The fourth-order valence-electron chi connectivity index (χ4n) is 2.96. The lowest BCUT2D eigenvalue weighted by molar-refractivity contribution is -0.158. The van der Waals surface area contributed by atoms with Crippen LogP contribution >= 0.6 is 0 Å². The molecule has 2 N–H and O–H groups in total. The van der Waals surface area contributed by atoms with Crippen LogP contribution in [0.4, 0.5) is 0 Å². The Labute approximate surface area is 109 Å². The normalized spacial score (nSPS) is 29.4. The van der Waals surface area contributed by atoms with Gasteiger partial charge in [-0.1, -0.05) is 13.8 Å². The number of hydrogen-bond donors (Lipinski definition) is 1. The van der Waals surface area contributed by atoms with Gasteiger partial charge in [0.15, 0.2) is 5.78 Å². The standard InChI is InChI=1S/C14H25NO3/c1-10(2)12(15)13(16)11-3-6-18-14(9-11)4-7-17-8-5-14/h10-12H,3-9,15H2,1-2H3. The van der Waals surface area contributed by atoms with E-state index < -0.39 is 0 Å². The molecule has 0 radical (unpaired) electrons. The highest BCUT2D eigenvalue weighted by Gasteiger charge is 2.42. The molecular formula is C14H25NO3. The van der Waals surface area contributed by atoms with Crippen LogP contribution in [0.5, 0.6) is 0 Å². The molecule has 2 aliphatic heterocycles. The fourth-order valence-corrected chi connectivity index (χ4v) is 2.96. The second-order valence-electron chi connectivity index (χ2n) is 6.01. The van der Waals surface area contributed by atoms with Crippen molar-refractivity contribution in [3.63, 3.8) is 0 Å². The summed E-state index contributed by atoms with van der Waals surface area (Å²) in [6.45, 7) is 6.19. The molecule has 2 saturated heterocycles. The number of rotatable bonds is 3. The molecule has 0 bridgehead atoms.